The van der Waals surface area contributed by atoms with E-state index in [1.54, 1.807) is 0 Å². The summed E-state index contributed by atoms with van der Waals surface area (Å²) in [5.74, 6) is -2.14. The van der Waals surface area contributed by atoms with Gasteiger partial charge in [0.2, 0.25) is 0 Å². The van der Waals surface area contributed by atoms with E-state index in [-0.39, 0.29) is 36.9 Å². The summed E-state index contributed by atoms with van der Waals surface area (Å²) in [4.78, 5) is 42.7. The van der Waals surface area contributed by atoms with E-state index in [4.69, 9.17) is 9.47 Å². The Morgan fingerprint density at radius 1 is 1.10 bits per heavy atom. The molecule has 0 aromatic heterocycles. The number of esters is 1. The number of hydrogen-bond donors (Lipinski definition) is 2. The maximum atomic E-state index is 14.9. The molecule has 3 fully saturated rings. The zero-order chi connectivity index (χ0) is 30.0. The SMILES string of the molecule is CCC1=C2[C@@H](C)C(=O)[C@@]3(CO)[C@H](O)C[C@@H]4OC[C@@]4(C)[C@@H]3[C@@H](OC(=O)Cc3ccccc3)[C@](C)(CC1=O)C2(CC)CC. The highest BCUT2D eigenvalue weighted by molar-refractivity contribution is 6.01. The summed E-state index contributed by atoms with van der Waals surface area (Å²) < 4.78 is 12.6. The number of fused-ring (bicyclic) bond motifs is 5. The number of ether oxygens (including phenoxy) is 2. The Labute approximate surface area is 243 Å². The predicted molar refractivity (Wildman–Crippen MR) is 154 cm³/mol. The monoisotopic (exact) mass is 566 g/mol. The summed E-state index contributed by atoms with van der Waals surface area (Å²) in [6.07, 6.45) is -0.190. The number of benzene rings is 1. The predicted octanol–water partition coefficient (Wildman–Crippen LogP) is 4.62. The molecule has 3 aliphatic carbocycles. The molecule has 1 aromatic rings. The number of hydrogen-bond acceptors (Lipinski definition) is 7. The Morgan fingerprint density at radius 3 is 2.29 bits per heavy atom. The van der Waals surface area contributed by atoms with Crippen molar-refractivity contribution in [3.8, 4) is 0 Å². The molecular formula is C34H46O7. The first-order chi connectivity index (χ1) is 19.4. The molecule has 0 amide bonds. The largest absolute Gasteiger partial charge is 0.461 e. The van der Waals surface area contributed by atoms with Crippen molar-refractivity contribution in [3.05, 3.63) is 47.0 Å². The molecule has 0 spiro atoms. The zero-order valence-corrected chi connectivity index (χ0v) is 25.4. The van der Waals surface area contributed by atoms with Gasteiger partial charge in [-0.1, -0.05) is 71.9 Å². The third kappa shape index (κ3) is 3.91. The van der Waals surface area contributed by atoms with Crippen molar-refractivity contribution in [2.24, 2.45) is 33.5 Å². The van der Waals surface area contributed by atoms with Crippen molar-refractivity contribution in [2.75, 3.05) is 13.2 Å². The number of aliphatic hydroxyl groups is 2. The molecule has 7 nitrogen and oxygen atoms in total. The molecule has 5 rings (SSSR count). The van der Waals surface area contributed by atoms with Crippen molar-refractivity contribution in [1.29, 1.82) is 0 Å². The molecule has 224 valence electrons. The topological polar surface area (TPSA) is 110 Å². The molecule has 1 saturated heterocycles. The van der Waals surface area contributed by atoms with Gasteiger partial charge in [0, 0.05) is 40.9 Å². The summed E-state index contributed by atoms with van der Waals surface area (Å²) in [6.45, 7) is 11.8. The highest BCUT2D eigenvalue weighted by Gasteiger charge is 2.75. The molecule has 1 aromatic carbocycles. The van der Waals surface area contributed by atoms with Crippen molar-refractivity contribution < 1.29 is 34.1 Å². The first-order valence-electron chi connectivity index (χ1n) is 15.4. The van der Waals surface area contributed by atoms with Crippen LogP contribution in [-0.4, -0.2) is 59.3 Å². The summed E-state index contributed by atoms with van der Waals surface area (Å²) in [5, 5.41) is 23.0. The van der Waals surface area contributed by atoms with E-state index < -0.39 is 58.3 Å². The van der Waals surface area contributed by atoms with Gasteiger partial charge in [-0.05, 0) is 36.0 Å². The van der Waals surface area contributed by atoms with Crippen LogP contribution >= 0.6 is 0 Å². The minimum Gasteiger partial charge on any atom is -0.461 e. The lowest BCUT2D eigenvalue weighted by Crippen LogP contribution is -2.76. The van der Waals surface area contributed by atoms with Crippen LogP contribution < -0.4 is 0 Å². The average Bonchev–Trinajstić information content (AvgIpc) is 2.95. The lowest BCUT2D eigenvalue weighted by atomic mass is 9.38. The van der Waals surface area contributed by atoms with Gasteiger partial charge in [0.25, 0.3) is 0 Å². The first kappa shape index (κ1) is 30.1. The Bertz CT molecular complexity index is 1250. The van der Waals surface area contributed by atoms with Crippen LogP contribution in [0.1, 0.15) is 79.2 Å². The number of aliphatic hydroxyl groups excluding tert-OH is 2. The van der Waals surface area contributed by atoms with Gasteiger partial charge < -0.3 is 19.7 Å². The molecule has 0 radical (unpaired) electrons. The van der Waals surface area contributed by atoms with Crippen LogP contribution in [0.2, 0.25) is 0 Å². The van der Waals surface area contributed by atoms with Gasteiger partial charge in [0.05, 0.1) is 37.3 Å². The number of carbonyl (C=O) groups is 3. The van der Waals surface area contributed by atoms with Gasteiger partial charge in [-0.3, -0.25) is 14.4 Å². The quantitative estimate of drug-likeness (QED) is 0.464. The number of allylic oxidation sites excluding steroid dienone is 2. The summed E-state index contributed by atoms with van der Waals surface area (Å²) in [7, 11) is 0. The second kappa shape index (κ2) is 10.4. The zero-order valence-electron chi connectivity index (χ0n) is 25.4. The minimum absolute atomic E-state index is 0.00861. The molecule has 2 bridgehead atoms. The second-order valence-corrected chi connectivity index (χ2v) is 13.4. The van der Waals surface area contributed by atoms with Crippen molar-refractivity contribution >= 4 is 17.5 Å². The Balaban J connectivity index is 1.80. The van der Waals surface area contributed by atoms with Crippen LogP contribution in [0.5, 0.6) is 0 Å². The third-order valence-corrected chi connectivity index (χ3v) is 11.9. The van der Waals surface area contributed by atoms with E-state index in [0.29, 0.717) is 31.4 Å². The molecule has 8 atom stereocenters. The van der Waals surface area contributed by atoms with E-state index in [1.165, 1.54) is 0 Å². The van der Waals surface area contributed by atoms with Crippen LogP contribution in [0.25, 0.3) is 0 Å². The molecule has 7 heteroatoms. The van der Waals surface area contributed by atoms with Crippen molar-refractivity contribution in [3.63, 3.8) is 0 Å². The van der Waals surface area contributed by atoms with E-state index in [2.05, 4.69) is 13.8 Å². The number of carbonyl (C=O) groups excluding carboxylic acids is 3. The van der Waals surface area contributed by atoms with Crippen LogP contribution in [0.4, 0.5) is 0 Å². The maximum absolute atomic E-state index is 14.9. The van der Waals surface area contributed by atoms with Gasteiger partial charge >= 0.3 is 5.97 Å². The number of ketones is 2. The van der Waals surface area contributed by atoms with Gasteiger partial charge in [0.1, 0.15) is 6.10 Å². The molecule has 2 N–H and O–H groups in total. The number of Topliss-reactive ketones (excluding diaryl/α,β-unsaturated/α-hetero) is 2. The molecule has 0 unspecified atom stereocenters. The summed E-state index contributed by atoms with van der Waals surface area (Å²) in [6, 6.07) is 9.36. The van der Waals surface area contributed by atoms with Crippen LogP contribution in [-0.2, 0) is 30.3 Å². The lowest BCUT2D eigenvalue weighted by molar-refractivity contribution is -0.312. The molecule has 4 aliphatic rings. The van der Waals surface area contributed by atoms with Gasteiger partial charge in [-0.25, -0.2) is 0 Å². The fraction of sp³-hybridized carbons (Fsp3) is 0.676. The fourth-order valence-electron chi connectivity index (χ4n) is 9.79. The molecule has 41 heavy (non-hydrogen) atoms. The Kier molecular flexibility index (Phi) is 7.66. The van der Waals surface area contributed by atoms with E-state index in [0.717, 1.165) is 11.1 Å². The van der Waals surface area contributed by atoms with E-state index in [9.17, 15) is 24.6 Å². The highest BCUT2D eigenvalue weighted by Crippen LogP contribution is 2.70. The summed E-state index contributed by atoms with van der Waals surface area (Å²) >= 11 is 0. The Hall–Kier alpha value is -2.35. The fourth-order valence-corrected chi connectivity index (χ4v) is 9.79. The molecule has 1 heterocycles. The van der Waals surface area contributed by atoms with Gasteiger partial charge in [-0.15, -0.1) is 0 Å². The van der Waals surface area contributed by atoms with Crippen molar-refractivity contribution in [1.82, 2.24) is 0 Å². The van der Waals surface area contributed by atoms with Crippen LogP contribution in [0, 0.1) is 33.5 Å². The van der Waals surface area contributed by atoms with Crippen LogP contribution in [0.15, 0.2) is 41.5 Å². The van der Waals surface area contributed by atoms with Gasteiger partial charge in [-0.2, -0.15) is 0 Å². The van der Waals surface area contributed by atoms with E-state index >= 15 is 0 Å². The first-order valence-corrected chi connectivity index (χ1v) is 15.4. The summed E-state index contributed by atoms with van der Waals surface area (Å²) in [5.41, 5.74) is -1.39. The lowest BCUT2D eigenvalue weighted by Gasteiger charge is -2.69. The van der Waals surface area contributed by atoms with Crippen molar-refractivity contribution in [2.45, 2.75) is 98.4 Å². The highest BCUT2D eigenvalue weighted by atomic mass is 16.5. The van der Waals surface area contributed by atoms with Gasteiger partial charge in [0.15, 0.2) is 11.6 Å². The van der Waals surface area contributed by atoms with E-state index in [1.807, 2.05) is 58.0 Å². The number of rotatable bonds is 7. The molecule has 1 aliphatic heterocycles. The third-order valence-electron chi connectivity index (χ3n) is 11.9. The average molecular weight is 567 g/mol. The smallest absolute Gasteiger partial charge is 0.310 e. The molecular weight excluding hydrogens is 520 g/mol. The normalized spacial score (nSPS) is 39.7. The van der Waals surface area contributed by atoms with Crippen LogP contribution in [0.3, 0.4) is 0 Å². The Morgan fingerprint density at radius 2 is 1.76 bits per heavy atom. The second-order valence-electron chi connectivity index (χ2n) is 13.4. The minimum atomic E-state index is -1.56. The maximum Gasteiger partial charge on any atom is 0.310 e. The molecule has 2 saturated carbocycles. The standard InChI is InChI=1S/C34H46O7/c1-7-22-23(36)17-32(6)30(41-26(38)15-21-13-11-10-12-14-21)28-31(5)19-40-25(31)16-24(37)34(28,18-35)29(39)20(4)27(22)33(32,8-2)9-3/h10-14,20,24-25,28,30,35,37H,7-9,15-19H2,1-6H3/t20-,24-,25+,28+,30-,31-,32+,34+/m1/s1.